The molecule has 4 N–H and O–H groups in total. The van der Waals surface area contributed by atoms with E-state index in [1.807, 2.05) is 6.07 Å². The van der Waals surface area contributed by atoms with E-state index in [0.29, 0.717) is 41.1 Å². The summed E-state index contributed by atoms with van der Waals surface area (Å²) in [5.74, 6) is -0.285. The van der Waals surface area contributed by atoms with Crippen molar-refractivity contribution in [2.45, 2.75) is 46.3 Å². The van der Waals surface area contributed by atoms with Gasteiger partial charge in [0.05, 0.1) is 17.6 Å². The van der Waals surface area contributed by atoms with Gasteiger partial charge in [-0.3, -0.25) is 9.88 Å². The predicted octanol–water partition coefficient (Wildman–Crippen LogP) is 3.67. The molecular formula is C18H25FN4. The molecule has 0 aliphatic heterocycles. The minimum absolute atomic E-state index is 0.285. The van der Waals surface area contributed by atoms with Crippen LogP contribution in [0.15, 0.2) is 30.6 Å². The molecule has 2 aromatic rings. The molecule has 0 saturated heterocycles. The Labute approximate surface area is 137 Å². The molecule has 1 heterocycles. The van der Waals surface area contributed by atoms with Crippen LogP contribution in [-0.4, -0.2) is 22.0 Å². The topological polar surface area (TPSA) is 68.2 Å². The van der Waals surface area contributed by atoms with Gasteiger partial charge in [-0.15, -0.1) is 0 Å². The van der Waals surface area contributed by atoms with Crippen LogP contribution in [0.4, 0.5) is 15.8 Å². The monoisotopic (exact) mass is 316 g/mol. The summed E-state index contributed by atoms with van der Waals surface area (Å²) < 4.78 is 14.1. The van der Waals surface area contributed by atoms with Crippen molar-refractivity contribution in [2.75, 3.05) is 11.5 Å². The fourth-order valence-corrected chi connectivity index (χ4v) is 2.79. The van der Waals surface area contributed by atoms with Gasteiger partial charge in [-0.1, -0.05) is 0 Å². The van der Waals surface area contributed by atoms with Gasteiger partial charge in [0.2, 0.25) is 0 Å². The zero-order chi connectivity index (χ0) is 17.1. The highest BCUT2D eigenvalue weighted by atomic mass is 19.1. The van der Waals surface area contributed by atoms with E-state index in [0.717, 1.165) is 5.56 Å². The highest BCUT2D eigenvalue weighted by molar-refractivity contribution is 5.83. The molecule has 0 radical (unpaired) electrons. The van der Waals surface area contributed by atoms with E-state index in [9.17, 15) is 4.39 Å². The van der Waals surface area contributed by atoms with Crippen LogP contribution in [0, 0.1) is 5.82 Å². The van der Waals surface area contributed by atoms with Crippen molar-refractivity contribution in [3.8, 4) is 11.1 Å². The molecule has 5 heteroatoms. The Bertz CT molecular complexity index is 675. The number of anilines is 2. The van der Waals surface area contributed by atoms with Crippen LogP contribution < -0.4 is 11.5 Å². The molecule has 4 nitrogen and oxygen atoms in total. The first kappa shape index (κ1) is 17.2. The van der Waals surface area contributed by atoms with Gasteiger partial charge in [0.1, 0.15) is 5.82 Å². The maximum absolute atomic E-state index is 14.1. The van der Waals surface area contributed by atoms with Crippen LogP contribution in [0.1, 0.15) is 33.3 Å². The third-order valence-electron chi connectivity index (χ3n) is 3.98. The molecule has 0 spiro atoms. The fraction of sp³-hybridized carbons (Fsp3) is 0.389. The molecule has 0 bridgehead atoms. The van der Waals surface area contributed by atoms with Gasteiger partial charge in [0, 0.05) is 30.4 Å². The van der Waals surface area contributed by atoms with E-state index in [1.54, 1.807) is 12.3 Å². The normalized spacial score (nSPS) is 11.7. The van der Waals surface area contributed by atoms with Gasteiger partial charge >= 0.3 is 0 Å². The fourth-order valence-electron chi connectivity index (χ4n) is 2.79. The zero-order valence-corrected chi connectivity index (χ0v) is 14.2. The van der Waals surface area contributed by atoms with Crippen molar-refractivity contribution in [3.63, 3.8) is 0 Å². The molecule has 1 aromatic heterocycles. The van der Waals surface area contributed by atoms with Gasteiger partial charge in [0.25, 0.3) is 0 Å². The third kappa shape index (κ3) is 3.99. The Morgan fingerprint density at radius 1 is 1.04 bits per heavy atom. The SMILES string of the molecule is CC(C)N(Cc1cc(F)cc(-c2cncc(N)c2N)c1)C(C)C. The van der Waals surface area contributed by atoms with Gasteiger partial charge in [0.15, 0.2) is 0 Å². The second kappa shape index (κ2) is 6.96. The van der Waals surface area contributed by atoms with Crippen LogP contribution in [0.25, 0.3) is 11.1 Å². The lowest BCUT2D eigenvalue weighted by molar-refractivity contribution is 0.166. The summed E-state index contributed by atoms with van der Waals surface area (Å²) in [7, 11) is 0. The first-order valence-electron chi connectivity index (χ1n) is 7.84. The quantitative estimate of drug-likeness (QED) is 0.883. The third-order valence-corrected chi connectivity index (χ3v) is 3.98. The molecule has 1 aromatic carbocycles. The van der Waals surface area contributed by atoms with Crippen LogP contribution in [0.3, 0.4) is 0 Å². The first-order chi connectivity index (χ1) is 10.8. The maximum atomic E-state index is 14.1. The van der Waals surface area contributed by atoms with E-state index in [4.69, 9.17) is 11.5 Å². The van der Waals surface area contributed by atoms with Gasteiger partial charge < -0.3 is 11.5 Å². The van der Waals surface area contributed by atoms with E-state index in [-0.39, 0.29) is 5.82 Å². The number of benzene rings is 1. The second-order valence-electron chi connectivity index (χ2n) is 6.40. The van der Waals surface area contributed by atoms with E-state index >= 15 is 0 Å². The average Bonchev–Trinajstić information content (AvgIpc) is 2.46. The molecule has 0 atom stereocenters. The number of hydrogen-bond acceptors (Lipinski definition) is 4. The highest BCUT2D eigenvalue weighted by Crippen LogP contribution is 2.30. The number of nitrogen functional groups attached to an aromatic ring is 2. The van der Waals surface area contributed by atoms with Crippen LogP contribution in [-0.2, 0) is 6.54 Å². The smallest absolute Gasteiger partial charge is 0.124 e. The van der Waals surface area contributed by atoms with E-state index < -0.39 is 0 Å². The lowest BCUT2D eigenvalue weighted by Gasteiger charge is -2.30. The summed E-state index contributed by atoms with van der Waals surface area (Å²) in [5.41, 5.74) is 14.9. The van der Waals surface area contributed by atoms with Gasteiger partial charge in [-0.2, -0.15) is 0 Å². The molecule has 23 heavy (non-hydrogen) atoms. The zero-order valence-electron chi connectivity index (χ0n) is 14.2. The Morgan fingerprint density at radius 2 is 1.70 bits per heavy atom. The van der Waals surface area contributed by atoms with Crippen molar-refractivity contribution < 1.29 is 4.39 Å². The number of nitrogens with two attached hydrogens (primary N) is 2. The molecule has 0 aliphatic carbocycles. The molecule has 124 valence electrons. The van der Waals surface area contributed by atoms with Gasteiger partial charge in [-0.05, 0) is 57.0 Å². The number of hydrogen-bond donors (Lipinski definition) is 2. The average molecular weight is 316 g/mol. The Morgan fingerprint density at radius 3 is 2.30 bits per heavy atom. The number of rotatable bonds is 5. The van der Waals surface area contributed by atoms with Gasteiger partial charge in [-0.25, -0.2) is 4.39 Å². The van der Waals surface area contributed by atoms with Crippen LogP contribution in [0.5, 0.6) is 0 Å². The summed E-state index contributed by atoms with van der Waals surface area (Å²) in [6.07, 6.45) is 3.12. The highest BCUT2D eigenvalue weighted by Gasteiger charge is 2.15. The Kier molecular flexibility index (Phi) is 5.21. The van der Waals surface area contributed by atoms with E-state index in [1.165, 1.54) is 12.3 Å². The van der Waals surface area contributed by atoms with Crippen molar-refractivity contribution in [1.82, 2.24) is 9.88 Å². The van der Waals surface area contributed by atoms with Crippen LogP contribution >= 0.6 is 0 Å². The van der Waals surface area contributed by atoms with Crippen molar-refractivity contribution >= 4 is 11.4 Å². The van der Waals surface area contributed by atoms with Crippen molar-refractivity contribution in [2.24, 2.45) is 0 Å². The number of halogens is 1. The maximum Gasteiger partial charge on any atom is 0.124 e. The molecule has 0 amide bonds. The molecule has 0 fully saturated rings. The lowest BCUT2D eigenvalue weighted by atomic mass is 10.0. The summed E-state index contributed by atoms with van der Waals surface area (Å²) in [6.45, 7) is 9.23. The van der Waals surface area contributed by atoms with Crippen molar-refractivity contribution in [3.05, 3.63) is 42.0 Å². The summed E-state index contributed by atoms with van der Waals surface area (Å²) in [5, 5.41) is 0. The summed E-state index contributed by atoms with van der Waals surface area (Å²) >= 11 is 0. The molecule has 2 rings (SSSR count). The summed E-state index contributed by atoms with van der Waals surface area (Å²) in [4.78, 5) is 6.37. The Balaban J connectivity index is 2.41. The largest absolute Gasteiger partial charge is 0.396 e. The minimum Gasteiger partial charge on any atom is -0.396 e. The Hall–Kier alpha value is -2.14. The van der Waals surface area contributed by atoms with Crippen LogP contribution in [0.2, 0.25) is 0 Å². The minimum atomic E-state index is -0.285. The molecule has 0 aliphatic rings. The number of pyridine rings is 1. The second-order valence-corrected chi connectivity index (χ2v) is 6.40. The lowest BCUT2D eigenvalue weighted by Crippen LogP contribution is -2.36. The molecule has 0 unspecified atom stereocenters. The van der Waals surface area contributed by atoms with Crippen molar-refractivity contribution in [1.29, 1.82) is 0 Å². The van der Waals surface area contributed by atoms with E-state index in [2.05, 4.69) is 37.6 Å². The summed E-state index contributed by atoms with van der Waals surface area (Å²) in [6, 6.07) is 5.73. The first-order valence-corrected chi connectivity index (χ1v) is 7.84. The molecule has 0 saturated carbocycles. The molecular weight excluding hydrogens is 291 g/mol. The predicted molar refractivity (Wildman–Crippen MR) is 94.3 cm³/mol. The number of aromatic nitrogens is 1. The number of nitrogens with zero attached hydrogens (tertiary/aromatic N) is 2. The standard InChI is InChI=1S/C18H25FN4/c1-11(2)23(12(3)4)10-13-5-14(7-15(19)6-13)16-8-22-9-17(20)18(16)21/h5-9,11-12H,10,20H2,1-4H3,(H2,21,22).